The van der Waals surface area contributed by atoms with E-state index in [4.69, 9.17) is 11.6 Å². The number of aromatic nitrogens is 2. The molecule has 0 aliphatic heterocycles. The third kappa shape index (κ3) is 4.23. The predicted octanol–water partition coefficient (Wildman–Crippen LogP) is 4.65. The van der Waals surface area contributed by atoms with Crippen LogP contribution in [-0.4, -0.2) is 32.6 Å². The van der Waals surface area contributed by atoms with Crippen LogP contribution in [0.5, 0.6) is 0 Å². The highest BCUT2D eigenvalue weighted by Gasteiger charge is 2.24. The fourth-order valence-electron chi connectivity index (χ4n) is 3.31. The topological polar surface area (TPSA) is 21.1 Å². The molecule has 0 bridgehead atoms. The normalized spacial score (nSPS) is 16.8. The molecule has 0 aromatic carbocycles. The Balaban J connectivity index is 2.17. The van der Waals surface area contributed by atoms with Crippen molar-refractivity contribution in [2.75, 3.05) is 11.9 Å². The number of nitrogens with zero attached hydrogens (tertiary/aromatic N) is 3. The third-order valence-corrected chi connectivity index (χ3v) is 5.30. The lowest BCUT2D eigenvalue weighted by atomic mass is 9.94. The molecule has 0 amide bonds. The molecule has 0 unspecified atom stereocenters. The van der Waals surface area contributed by atoms with Gasteiger partial charge in [0, 0.05) is 31.0 Å². The van der Waals surface area contributed by atoms with E-state index in [9.17, 15) is 0 Å². The van der Waals surface area contributed by atoms with Crippen molar-refractivity contribution in [3.8, 4) is 0 Å². The Kier molecular flexibility index (Phi) is 7.03. The largest absolute Gasteiger partial charge is 0.294 e. The van der Waals surface area contributed by atoms with E-state index in [1.165, 1.54) is 37.8 Å². The van der Waals surface area contributed by atoms with Gasteiger partial charge in [-0.25, -0.2) is 0 Å². The summed E-state index contributed by atoms with van der Waals surface area (Å²) < 4.78 is 2.09. The monoisotopic (exact) mass is 375 g/mol. The van der Waals surface area contributed by atoms with Gasteiger partial charge in [-0.3, -0.25) is 9.58 Å². The Morgan fingerprint density at radius 2 is 2.00 bits per heavy atom. The average molecular weight is 377 g/mol. The number of halogens is 2. The van der Waals surface area contributed by atoms with Gasteiger partial charge in [0.05, 0.1) is 16.4 Å². The minimum Gasteiger partial charge on any atom is -0.294 e. The summed E-state index contributed by atoms with van der Waals surface area (Å²) in [5.74, 6) is 0. The molecule has 0 atom stereocenters. The molecule has 3 nitrogen and oxygen atoms in total. The highest BCUT2D eigenvalue weighted by Crippen LogP contribution is 2.27. The van der Waals surface area contributed by atoms with E-state index in [0.717, 1.165) is 42.1 Å². The third-order valence-electron chi connectivity index (χ3n) is 4.51. The van der Waals surface area contributed by atoms with Crippen molar-refractivity contribution < 1.29 is 0 Å². The standard InChI is InChI=1S/C16H27BrClN3/c1-3-14-16(18)15(21(4-2)19-14)12-20(11-10-17)13-8-6-5-7-9-13/h13H,3-12H2,1-2H3. The van der Waals surface area contributed by atoms with Gasteiger partial charge < -0.3 is 0 Å². The first-order chi connectivity index (χ1) is 10.2. The first-order valence-electron chi connectivity index (χ1n) is 8.25. The van der Waals surface area contributed by atoms with Crippen LogP contribution in [0.3, 0.4) is 0 Å². The van der Waals surface area contributed by atoms with Crippen molar-refractivity contribution in [1.29, 1.82) is 0 Å². The highest BCUT2D eigenvalue weighted by atomic mass is 79.9. The van der Waals surface area contributed by atoms with Crippen molar-refractivity contribution in [2.45, 2.75) is 71.5 Å². The minimum absolute atomic E-state index is 0.706. The first-order valence-corrected chi connectivity index (χ1v) is 9.75. The summed E-state index contributed by atoms with van der Waals surface area (Å²) in [7, 11) is 0. The van der Waals surface area contributed by atoms with Crippen LogP contribution in [0.1, 0.15) is 57.3 Å². The summed E-state index contributed by atoms with van der Waals surface area (Å²) in [6.07, 6.45) is 7.68. The molecule has 120 valence electrons. The Morgan fingerprint density at radius 1 is 1.29 bits per heavy atom. The molecule has 1 aliphatic carbocycles. The zero-order valence-electron chi connectivity index (χ0n) is 13.2. The van der Waals surface area contributed by atoms with Crippen LogP contribution in [0.15, 0.2) is 0 Å². The molecule has 1 aliphatic rings. The minimum atomic E-state index is 0.706. The number of aryl methyl sites for hydroxylation is 2. The average Bonchev–Trinajstić information content (AvgIpc) is 2.83. The summed E-state index contributed by atoms with van der Waals surface area (Å²) >= 11 is 10.2. The number of hydrogen-bond donors (Lipinski definition) is 0. The quantitative estimate of drug-likeness (QED) is 0.646. The van der Waals surface area contributed by atoms with Crippen LogP contribution in [0.25, 0.3) is 0 Å². The van der Waals surface area contributed by atoms with Gasteiger partial charge in [0.25, 0.3) is 0 Å². The van der Waals surface area contributed by atoms with Crippen LogP contribution < -0.4 is 0 Å². The van der Waals surface area contributed by atoms with Crippen molar-refractivity contribution in [3.05, 3.63) is 16.4 Å². The van der Waals surface area contributed by atoms with E-state index < -0.39 is 0 Å². The SMILES string of the molecule is CCc1nn(CC)c(CN(CCBr)C2CCCCC2)c1Cl. The molecule has 0 N–H and O–H groups in total. The molecule has 2 rings (SSSR count). The van der Waals surface area contributed by atoms with Crippen LogP contribution in [-0.2, 0) is 19.5 Å². The number of rotatable bonds is 7. The van der Waals surface area contributed by atoms with Crippen molar-refractivity contribution in [1.82, 2.24) is 14.7 Å². The molecule has 5 heteroatoms. The second kappa shape index (κ2) is 8.54. The lowest BCUT2D eigenvalue weighted by Crippen LogP contribution is -2.38. The van der Waals surface area contributed by atoms with E-state index in [1.54, 1.807) is 0 Å². The predicted molar refractivity (Wildman–Crippen MR) is 93.4 cm³/mol. The Hall–Kier alpha value is -0.0600. The Labute approximate surface area is 142 Å². The van der Waals surface area contributed by atoms with Crippen molar-refractivity contribution >= 4 is 27.5 Å². The molecule has 0 spiro atoms. The van der Waals surface area contributed by atoms with Gasteiger partial charge in [0.2, 0.25) is 0 Å². The molecular weight excluding hydrogens is 350 g/mol. The maximum Gasteiger partial charge on any atom is 0.0863 e. The second-order valence-electron chi connectivity index (χ2n) is 5.83. The molecule has 0 saturated heterocycles. The van der Waals surface area contributed by atoms with Gasteiger partial charge in [-0.1, -0.05) is 53.7 Å². The lowest BCUT2D eigenvalue weighted by molar-refractivity contribution is 0.154. The zero-order chi connectivity index (χ0) is 15.2. The van der Waals surface area contributed by atoms with Gasteiger partial charge in [0.1, 0.15) is 0 Å². The fraction of sp³-hybridized carbons (Fsp3) is 0.812. The molecule has 1 heterocycles. The molecule has 1 saturated carbocycles. The summed E-state index contributed by atoms with van der Waals surface area (Å²) in [5.41, 5.74) is 2.23. The van der Waals surface area contributed by atoms with E-state index in [2.05, 4.69) is 44.5 Å². The smallest absolute Gasteiger partial charge is 0.0863 e. The number of alkyl halides is 1. The van der Waals surface area contributed by atoms with Gasteiger partial charge in [-0.2, -0.15) is 5.10 Å². The van der Waals surface area contributed by atoms with E-state index in [-0.39, 0.29) is 0 Å². The summed E-state index contributed by atoms with van der Waals surface area (Å²) in [6.45, 7) is 7.16. The molecule has 0 radical (unpaired) electrons. The summed E-state index contributed by atoms with van der Waals surface area (Å²) in [6, 6.07) is 0.706. The summed E-state index contributed by atoms with van der Waals surface area (Å²) in [4.78, 5) is 2.60. The number of hydrogen-bond acceptors (Lipinski definition) is 2. The van der Waals surface area contributed by atoms with Crippen molar-refractivity contribution in [3.63, 3.8) is 0 Å². The fourth-order valence-corrected chi connectivity index (χ4v) is 4.09. The molecular formula is C16H27BrClN3. The summed E-state index contributed by atoms with van der Waals surface area (Å²) in [5, 5.41) is 6.55. The second-order valence-corrected chi connectivity index (χ2v) is 7.00. The maximum absolute atomic E-state index is 6.57. The van der Waals surface area contributed by atoms with Gasteiger partial charge in [-0.15, -0.1) is 0 Å². The van der Waals surface area contributed by atoms with E-state index in [1.807, 2.05) is 0 Å². The molecule has 1 aromatic rings. The van der Waals surface area contributed by atoms with Crippen LogP contribution in [0.2, 0.25) is 5.02 Å². The van der Waals surface area contributed by atoms with E-state index >= 15 is 0 Å². The highest BCUT2D eigenvalue weighted by molar-refractivity contribution is 9.09. The molecule has 21 heavy (non-hydrogen) atoms. The zero-order valence-corrected chi connectivity index (χ0v) is 15.6. The van der Waals surface area contributed by atoms with Gasteiger partial charge in [-0.05, 0) is 26.2 Å². The van der Waals surface area contributed by atoms with Gasteiger partial charge >= 0.3 is 0 Å². The van der Waals surface area contributed by atoms with Crippen LogP contribution in [0, 0.1) is 0 Å². The van der Waals surface area contributed by atoms with Crippen LogP contribution >= 0.6 is 27.5 Å². The lowest BCUT2D eigenvalue weighted by Gasteiger charge is -2.34. The molecule has 1 aromatic heterocycles. The van der Waals surface area contributed by atoms with E-state index in [0.29, 0.717) is 6.04 Å². The van der Waals surface area contributed by atoms with Crippen molar-refractivity contribution in [2.24, 2.45) is 0 Å². The van der Waals surface area contributed by atoms with Gasteiger partial charge in [0.15, 0.2) is 0 Å². The first kappa shape index (κ1) is 17.3. The Morgan fingerprint density at radius 3 is 2.57 bits per heavy atom. The maximum atomic E-state index is 6.57. The Bertz CT molecular complexity index is 441. The van der Waals surface area contributed by atoms with Crippen LogP contribution in [0.4, 0.5) is 0 Å². The molecule has 1 fully saturated rings.